The monoisotopic (exact) mass is 318 g/mol. The van der Waals surface area contributed by atoms with E-state index in [4.69, 9.17) is 4.74 Å². The summed E-state index contributed by atoms with van der Waals surface area (Å²) in [5.74, 6) is 1.21. The first-order valence-electron chi connectivity index (χ1n) is 8.38. The quantitative estimate of drug-likeness (QED) is 0.717. The molecule has 0 aromatic heterocycles. The summed E-state index contributed by atoms with van der Waals surface area (Å²) in [6.45, 7) is 2.06. The molecule has 0 unspecified atom stereocenters. The number of ketones is 1. The first-order chi connectivity index (χ1) is 11.1. The Morgan fingerprint density at radius 2 is 1.87 bits per heavy atom. The van der Waals surface area contributed by atoms with Crippen molar-refractivity contribution in [3.63, 3.8) is 0 Å². The highest BCUT2D eigenvalue weighted by molar-refractivity contribution is 5.83. The van der Waals surface area contributed by atoms with Gasteiger partial charge in [0.25, 0.3) is 0 Å². The van der Waals surface area contributed by atoms with Gasteiger partial charge in [-0.1, -0.05) is 12.1 Å². The fourth-order valence-corrected chi connectivity index (χ4v) is 3.10. The van der Waals surface area contributed by atoms with Crippen molar-refractivity contribution < 1.29 is 19.1 Å². The van der Waals surface area contributed by atoms with Gasteiger partial charge in [0.2, 0.25) is 0 Å². The minimum absolute atomic E-state index is 0.165. The molecule has 1 aliphatic rings. The highest BCUT2D eigenvalue weighted by Gasteiger charge is 2.24. The molecule has 1 aliphatic carbocycles. The van der Waals surface area contributed by atoms with E-state index >= 15 is 0 Å². The van der Waals surface area contributed by atoms with Gasteiger partial charge in [0.15, 0.2) is 0 Å². The summed E-state index contributed by atoms with van der Waals surface area (Å²) in [6.07, 6.45) is 5.33. The van der Waals surface area contributed by atoms with E-state index in [1.54, 1.807) is 0 Å². The lowest BCUT2D eigenvalue weighted by molar-refractivity contribution is -0.142. The molecular formula is C19H26O4. The lowest BCUT2D eigenvalue weighted by Gasteiger charge is -2.28. The van der Waals surface area contributed by atoms with Crippen molar-refractivity contribution in [2.75, 3.05) is 7.11 Å². The van der Waals surface area contributed by atoms with Gasteiger partial charge in [-0.05, 0) is 56.2 Å². The summed E-state index contributed by atoms with van der Waals surface area (Å²) in [5, 5.41) is 0. The summed E-state index contributed by atoms with van der Waals surface area (Å²) in [6, 6.07) is 8.12. The molecule has 0 aliphatic heterocycles. The van der Waals surface area contributed by atoms with Crippen LogP contribution in [0.15, 0.2) is 24.3 Å². The third kappa shape index (κ3) is 6.05. The van der Waals surface area contributed by atoms with Crippen LogP contribution < -0.4 is 4.74 Å². The van der Waals surface area contributed by atoms with Crippen molar-refractivity contribution in [1.29, 1.82) is 0 Å². The van der Waals surface area contributed by atoms with E-state index in [0.29, 0.717) is 18.8 Å². The fraction of sp³-hybridized carbons (Fsp3) is 0.579. The van der Waals surface area contributed by atoms with E-state index in [2.05, 4.69) is 23.8 Å². The third-order valence-corrected chi connectivity index (χ3v) is 4.44. The van der Waals surface area contributed by atoms with Crippen molar-refractivity contribution in [2.24, 2.45) is 5.92 Å². The van der Waals surface area contributed by atoms with Gasteiger partial charge in [0.1, 0.15) is 11.5 Å². The minimum Gasteiger partial charge on any atom is -0.490 e. The first-order valence-corrected chi connectivity index (χ1v) is 8.38. The van der Waals surface area contributed by atoms with Crippen molar-refractivity contribution in [3.05, 3.63) is 29.8 Å². The largest absolute Gasteiger partial charge is 0.490 e. The van der Waals surface area contributed by atoms with E-state index < -0.39 is 0 Å². The van der Waals surface area contributed by atoms with Gasteiger partial charge in [-0.3, -0.25) is 9.59 Å². The van der Waals surface area contributed by atoms with E-state index in [9.17, 15) is 9.59 Å². The zero-order valence-corrected chi connectivity index (χ0v) is 14.0. The number of hydrogen-bond donors (Lipinski definition) is 0. The predicted octanol–water partition coefficient (Wildman–Crippen LogP) is 3.85. The number of methoxy groups -OCH3 is 1. The molecule has 0 bridgehead atoms. The van der Waals surface area contributed by atoms with E-state index in [1.165, 1.54) is 12.7 Å². The van der Waals surface area contributed by atoms with Crippen molar-refractivity contribution >= 4 is 11.8 Å². The van der Waals surface area contributed by atoms with Gasteiger partial charge in [-0.25, -0.2) is 0 Å². The van der Waals surface area contributed by atoms with Crippen LogP contribution in [-0.4, -0.2) is 25.0 Å². The Kier molecular flexibility index (Phi) is 6.63. The van der Waals surface area contributed by atoms with Gasteiger partial charge in [-0.15, -0.1) is 0 Å². The Balaban J connectivity index is 1.69. The molecule has 2 rings (SSSR count). The SMILES string of the molecule is COC(=O)CCC(=O)CC1CCC(Oc2cccc(C)c2)CC1. The van der Waals surface area contributed by atoms with Gasteiger partial charge < -0.3 is 9.47 Å². The third-order valence-electron chi connectivity index (χ3n) is 4.44. The standard InChI is InChI=1S/C19H26O4/c1-14-4-3-5-18(12-14)23-17-9-6-15(7-10-17)13-16(20)8-11-19(21)22-2/h3-5,12,15,17H,6-11,13H2,1-2H3. The van der Waals surface area contributed by atoms with Crippen LogP contribution in [0.4, 0.5) is 0 Å². The van der Waals surface area contributed by atoms with Crippen LogP contribution in [0, 0.1) is 12.8 Å². The highest BCUT2D eigenvalue weighted by atomic mass is 16.5. The highest BCUT2D eigenvalue weighted by Crippen LogP contribution is 2.30. The lowest BCUT2D eigenvalue weighted by Crippen LogP contribution is -2.25. The number of hydrogen-bond acceptors (Lipinski definition) is 4. The summed E-state index contributed by atoms with van der Waals surface area (Å²) in [5.41, 5.74) is 1.20. The molecule has 0 heterocycles. The summed E-state index contributed by atoms with van der Waals surface area (Å²) in [4.78, 5) is 23.0. The Hall–Kier alpha value is -1.84. The maximum absolute atomic E-state index is 11.9. The van der Waals surface area contributed by atoms with Crippen molar-refractivity contribution in [2.45, 2.75) is 58.0 Å². The van der Waals surface area contributed by atoms with Crippen molar-refractivity contribution in [3.8, 4) is 5.75 Å². The first kappa shape index (κ1) is 17.5. The molecule has 0 amide bonds. The Morgan fingerprint density at radius 3 is 2.52 bits per heavy atom. The normalized spacial score (nSPS) is 20.8. The van der Waals surface area contributed by atoms with E-state index in [0.717, 1.165) is 31.4 Å². The molecule has 1 saturated carbocycles. The topological polar surface area (TPSA) is 52.6 Å². The number of aryl methyl sites for hydroxylation is 1. The molecule has 1 aromatic rings. The summed E-state index contributed by atoms with van der Waals surface area (Å²) >= 11 is 0. The van der Waals surface area contributed by atoms with Crippen molar-refractivity contribution in [1.82, 2.24) is 0 Å². The number of benzene rings is 1. The summed E-state index contributed by atoms with van der Waals surface area (Å²) in [7, 11) is 1.35. The molecule has 1 aromatic carbocycles. The van der Waals surface area contributed by atoms with Crippen LogP contribution in [-0.2, 0) is 14.3 Å². The lowest BCUT2D eigenvalue weighted by atomic mass is 9.83. The molecule has 4 nitrogen and oxygen atoms in total. The molecule has 23 heavy (non-hydrogen) atoms. The van der Waals surface area contributed by atoms with E-state index in [-0.39, 0.29) is 24.3 Å². The van der Waals surface area contributed by atoms with Gasteiger partial charge in [0, 0.05) is 12.8 Å². The molecule has 0 atom stereocenters. The second kappa shape index (κ2) is 8.70. The van der Waals surface area contributed by atoms with Crippen LogP contribution in [0.25, 0.3) is 0 Å². The minimum atomic E-state index is -0.311. The number of carbonyl (C=O) groups is 2. The zero-order chi connectivity index (χ0) is 16.7. The molecule has 0 N–H and O–H groups in total. The molecule has 0 saturated heterocycles. The van der Waals surface area contributed by atoms with Gasteiger partial charge in [-0.2, -0.15) is 0 Å². The van der Waals surface area contributed by atoms with Crippen LogP contribution in [0.5, 0.6) is 5.75 Å². The van der Waals surface area contributed by atoms with Crippen LogP contribution in [0.1, 0.15) is 50.5 Å². The van der Waals surface area contributed by atoms with Gasteiger partial charge >= 0.3 is 5.97 Å². The van der Waals surface area contributed by atoms with Crippen LogP contribution >= 0.6 is 0 Å². The zero-order valence-electron chi connectivity index (χ0n) is 14.0. The Labute approximate surface area is 138 Å². The maximum atomic E-state index is 11.9. The molecule has 1 fully saturated rings. The Bertz CT molecular complexity index is 530. The van der Waals surface area contributed by atoms with Crippen LogP contribution in [0.3, 0.4) is 0 Å². The summed E-state index contributed by atoms with van der Waals surface area (Å²) < 4.78 is 10.6. The predicted molar refractivity (Wildman–Crippen MR) is 88.4 cm³/mol. The molecular weight excluding hydrogens is 292 g/mol. The molecule has 126 valence electrons. The molecule has 0 spiro atoms. The number of esters is 1. The molecule has 0 radical (unpaired) electrons. The number of ether oxygens (including phenoxy) is 2. The second-order valence-electron chi connectivity index (χ2n) is 6.40. The smallest absolute Gasteiger partial charge is 0.305 e. The average molecular weight is 318 g/mol. The second-order valence-corrected chi connectivity index (χ2v) is 6.40. The van der Waals surface area contributed by atoms with Crippen LogP contribution in [0.2, 0.25) is 0 Å². The number of carbonyl (C=O) groups excluding carboxylic acids is 2. The number of rotatable bonds is 7. The fourth-order valence-electron chi connectivity index (χ4n) is 3.10. The molecule has 4 heteroatoms. The Morgan fingerprint density at radius 1 is 1.13 bits per heavy atom. The van der Waals surface area contributed by atoms with Gasteiger partial charge in [0.05, 0.1) is 19.6 Å². The maximum Gasteiger partial charge on any atom is 0.305 e. The number of Topliss-reactive ketones (excluding diaryl/α,β-unsaturated/α-hetero) is 1. The van der Waals surface area contributed by atoms with E-state index in [1.807, 2.05) is 12.1 Å². The average Bonchev–Trinajstić information content (AvgIpc) is 2.54.